The van der Waals surface area contributed by atoms with Gasteiger partial charge < -0.3 is 10.2 Å². The summed E-state index contributed by atoms with van der Waals surface area (Å²) in [4.78, 5) is 0. The Morgan fingerprint density at radius 2 is 0.548 bits per heavy atom. The van der Waals surface area contributed by atoms with Gasteiger partial charge in [0.2, 0.25) is 0 Å². The number of benzene rings is 2. The summed E-state index contributed by atoms with van der Waals surface area (Å²) in [6, 6.07) is 28.7. The molecule has 0 amide bonds. The number of rotatable bonds is 21. The molecule has 62 heavy (non-hydrogen) atoms. The second kappa shape index (κ2) is 28.3. The van der Waals surface area contributed by atoms with Gasteiger partial charge in [0.1, 0.15) is 26.2 Å². The van der Waals surface area contributed by atoms with Gasteiger partial charge in [-0.2, -0.15) is 0 Å². The predicted octanol–water partition coefficient (Wildman–Crippen LogP) is 11.2. The van der Waals surface area contributed by atoms with E-state index in [0.29, 0.717) is 0 Å². The molecule has 0 spiro atoms. The van der Waals surface area contributed by atoms with E-state index in [1.807, 2.05) is 24.3 Å². The van der Waals surface area contributed by atoms with Crippen LogP contribution in [0, 0.1) is 0 Å². The Balaban J connectivity index is 0.000000205. The summed E-state index contributed by atoms with van der Waals surface area (Å²) in [6.45, 7) is 17.6. The molecule has 0 radical (unpaired) electrons. The third kappa shape index (κ3) is 16.8. The number of nitrogens with zero attached hydrogens (tertiary/aromatic N) is 4. The van der Waals surface area contributed by atoms with Crippen LogP contribution in [0.4, 0.5) is 0 Å². The van der Waals surface area contributed by atoms with Crippen molar-refractivity contribution in [2.45, 2.75) is 158 Å². The first-order chi connectivity index (χ1) is 30.3. The number of aromatic nitrogens is 4. The zero-order valence-electron chi connectivity index (χ0n) is 39.0. The molecule has 6 nitrogen and oxygen atoms in total. The number of hydrogen-bond donors (Lipinski definition) is 0. The molecule has 4 aromatic heterocycles. The first-order valence-corrected chi connectivity index (χ1v) is 23.9. The van der Waals surface area contributed by atoms with E-state index in [-0.39, 0.29) is 11.5 Å². The summed E-state index contributed by atoms with van der Waals surface area (Å²) in [5.41, 5.74) is 8.58. The van der Waals surface area contributed by atoms with Crippen LogP contribution < -0.4 is 28.5 Å². The standard InChI is InChI=1S/C20H26O2.2C18H26N2/c1-3-5-7-15-9-11-17(13-19(15)21)18-12-10-16(8-6-4-2)20(22)14-18;2*1-3-5-11-19-13-7-17(8-14-19)18-9-15-20(16-10-18)12-6-4-2/h9-14,21-22H,3-8H2,1-2H3;2*7-10,13-16H,3-6,11-12H2,1-2H3/q;2*+2/p-2. The number of hydrogen-bond acceptors (Lipinski definition) is 2. The smallest absolute Gasteiger partial charge is 0.169 e. The summed E-state index contributed by atoms with van der Waals surface area (Å²) in [5, 5.41) is 24.3. The van der Waals surface area contributed by atoms with Crippen LogP contribution in [0.1, 0.15) is 130 Å². The minimum atomic E-state index is 0.0773. The average molecular weight is 837 g/mol. The molecule has 0 aliphatic heterocycles. The minimum absolute atomic E-state index is 0.0773. The normalized spacial score (nSPS) is 10.7. The lowest BCUT2D eigenvalue weighted by Gasteiger charge is -2.18. The van der Waals surface area contributed by atoms with Crippen molar-refractivity contribution in [2.24, 2.45) is 0 Å². The van der Waals surface area contributed by atoms with Crippen LogP contribution in [0.15, 0.2) is 135 Å². The minimum Gasteiger partial charge on any atom is -0.872 e. The first kappa shape index (κ1) is 49.3. The van der Waals surface area contributed by atoms with E-state index in [1.54, 1.807) is 12.1 Å². The molecule has 0 unspecified atom stereocenters. The molecule has 0 aliphatic carbocycles. The Bertz CT molecular complexity index is 1860. The summed E-state index contributed by atoms with van der Waals surface area (Å²) in [5.74, 6) is 0.155. The van der Waals surface area contributed by atoms with Crippen molar-refractivity contribution in [1.82, 2.24) is 0 Å². The third-order valence-electron chi connectivity index (χ3n) is 11.4. The fourth-order valence-electron chi connectivity index (χ4n) is 7.17. The zero-order chi connectivity index (χ0) is 44.4. The van der Waals surface area contributed by atoms with E-state index < -0.39 is 0 Å². The van der Waals surface area contributed by atoms with Gasteiger partial charge in [0.25, 0.3) is 0 Å². The van der Waals surface area contributed by atoms with Crippen LogP contribution in [0.3, 0.4) is 0 Å². The second-order valence-electron chi connectivity index (χ2n) is 16.6. The van der Waals surface area contributed by atoms with E-state index >= 15 is 0 Å². The maximum Gasteiger partial charge on any atom is 0.169 e. The molecule has 330 valence electrons. The third-order valence-corrected chi connectivity index (χ3v) is 11.4. The van der Waals surface area contributed by atoms with Crippen LogP contribution >= 0.6 is 0 Å². The molecular weight excluding hydrogens is 761 g/mol. The molecule has 0 saturated carbocycles. The van der Waals surface area contributed by atoms with Crippen molar-refractivity contribution in [3.05, 3.63) is 146 Å². The summed E-state index contributed by atoms with van der Waals surface area (Å²) in [7, 11) is 0. The molecule has 0 bridgehead atoms. The summed E-state index contributed by atoms with van der Waals surface area (Å²) in [6.07, 6.45) is 33.3. The molecule has 0 fully saturated rings. The van der Waals surface area contributed by atoms with E-state index in [0.717, 1.165) is 87.0 Å². The van der Waals surface area contributed by atoms with Gasteiger partial charge in [0.15, 0.2) is 49.6 Å². The van der Waals surface area contributed by atoms with Gasteiger partial charge in [0, 0.05) is 74.2 Å². The lowest BCUT2D eigenvalue weighted by Crippen LogP contribution is -2.32. The molecule has 0 N–H and O–H groups in total. The molecule has 6 aromatic rings. The molecule has 0 saturated heterocycles. The zero-order valence-corrected chi connectivity index (χ0v) is 39.0. The average Bonchev–Trinajstić information content (AvgIpc) is 3.31. The molecule has 6 heteroatoms. The molecular formula is C56H76N4O2+2. The predicted molar refractivity (Wildman–Crippen MR) is 252 cm³/mol. The number of unbranched alkanes of at least 4 members (excludes halogenated alkanes) is 6. The van der Waals surface area contributed by atoms with Crippen molar-refractivity contribution < 1.29 is 28.5 Å². The second-order valence-corrected chi connectivity index (χ2v) is 16.6. The SMILES string of the molecule is CCCC[n+]1ccc(-c2cc[n+](CCCC)cc2)cc1.CCCC[n+]1ccc(-c2cc[n+](CCCC)cc2)cc1.CCCCc1ccc(-c2ccc(CCCC)c([O-])c2)cc1[O-]. The Morgan fingerprint density at radius 1 is 0.306 bits per heavy atom. The fraction of sp³-hybridized carbons (Fsp3) is 0.429. The lowest BCUT2D eigenvalue weighted by atomic mass is 9.98. The van der Waals surface area contributed by atoms with Crippen molar-refractivity contribution in [3.63, 3.8) is 0 Å². The largest absolute Gasteiger partial charge is 0.872 e. The quantitative estimate of drug-likeness (QED) is 0.0678. The molecule has 6 rings (SSSR count). The first-order valence-electron chi connectivity index (χ1n) is 23.9. The van der Waals surface area contributed by atoms with Gasteiger partial charge in [-0.15, -0.1) is 11.5 Å². The number of pyridine rings is 4. The van der Waals surface area contributed by atoms with E-state index in [9.17, 15) is 10.2 Å². The van der Waals surface area contributed by atoms with Gasteiger partial charge in [0.05, 0.1) is 0 Å². The van der Waals surface area contributed by atoms with Crippen molar-refractivity contribution in [3.8, 4) is 44.9 Å². The topological polar surface area (TPSA) is 61.6 Å². The highest BCUT2D eigenvalue weighted by Crippen LogP contribution is 2.29. The van der Waals surface area contributed by atoms with Gasteiger partial charge >= 0.3 is 0 Å². The maximum absolute atomic E-state index is 12.1. The van der Waals surface area contributed by atoms with E-state index in [4.69, 9.17) is 0 Å². The fourth-order valence-corrected chi connectivity index (χ4v) is 7.17. The van der Waals surface area contributed by atoms with Crippen LogP contribution in [-0.4, -0.2) is 0 Å². The molecule has 2 aromatic carbocycles. The van der Waals surface area contributed by atoms with Crippen LogP contribution in [-0.2, 0) is 39.0 Å². The Labute approximate surface area is 375 Å². The van der Waals surface area contributed by atoms with Gasteiger partial charge in [-0.25, -0.2) is 18.3 Å². The number of aryl methyl sites for hydroxylation is 6. The van der Waals surface area contributed by atoms with Gasteiger partial charge in [-0.05, 0) is 59.1 Å². The van der Waals surface area contributed by atoms with Crippen LogP contribution in [0.25, 0.3) is 33.4 Å². The summed E-state index contributed by atoms with van der Waals surface area (Å²) < 4.78 is 9.05. The monoisotopic (exact) mass is 837 g/mol. The molecule has 0 atom stereocenters. The Morgan fingerprint density at radius 3 is 0.758 bits per heavy atom. The maximum atomic E-state index is 12.1. The van der Waals surface area contributed by atoms with Gasteiger partial charge in [-0.3, -0.25) is 0 Å². The highest BCUT2D eigenvalue weighted by atomic mass is 16.3. The molecule has 0 aliphatic rings. The van der Waals surface area contributed by atoms with Crippen LogP contribution in [0.2, 0.25) is 0 Å². The van der Waals surface area contributed by atoms with Crippen molar-refractivity contribution >= 4 is 0 Å². The highest BCUT2D eigenvalue weighted by Gasteiger charge is 2.08. The van der Waals surface area contributed by atoms with Crippen LogP contribution in [0.5, 0.6) is 11.5 Å². The highest BCUT2D eigenvalue weighted by molar-refractivity contribution is 5.68. The van der Waals surface area contributed by atoms with E-state index in [1.165, 1.54) is 73.6 Å². The van der Waals surface area contributed by atoms with Crippen molar-refractivity contribution in [2.75, 3.05) is 0 Å². The Hall–Kier alpha value is -5.36. The lowest BCUT2D eigenvalue weighted by molar-refractivity contribution is -0.697. The van der Waals surface area contributed by atoms with Crippen molar-refractivity contribution in [1.29, 1.82) is 0 Å². The Kier molecular flexibility index (Phi) is 22.5. The van der Waals surface area contributed by atoms with E-state index in [2.05, 4.69) is 158 Å². The molecule has 4 heterocycles. The summed E-state index contributed by atoms with van der Waals surface area (Å²) >= 11 is 0. The van der Waals surface area contributed by atoms with Gasteiger partial charge in [-0.1, -0.05) is 128 Å².